The first-order valence-corrected chi connectivity index (χ1v) is 12.5. The molecule has 4 rings (SSSR count). The number of rotatable bonds is 5. The first-order valence-electron chi connectivity index (χ1n) is 12.5. The van der Waals surface area contributed by atoms with Crippen LogP contribution in [0.4, 0.5) is 0 Å². The molecule has 0 saturated heterocycles. The maximum absolute atomic E-state index is 13.3. The van der Waals surface area contributed by atoms with Gasteiger partial charge in [0.15, 0.2) is 0 Å². The number of benzene rings is 3. The second-order valence-corrected chi connectivity index (χ2v) is 8.82. The van der Waals surface area contributed by atoms with Crippen LogP contribution < -0.4 is 9.47 Å². The molecule has 0 saturated carbocycles. The highest BCUT2D eigenvalue weighted by Gasteiger charge is 2.16. The first-order chi connectivity index (χ1) is 17.1. The summed E-state index contributed by atoms with van der Waals surface area (Å²) >= 11 is 0. The van der Waals surface area contributed by atoms with Gasteiger partial charge in [-0.05, 0) is 59.4 Å². The molecule has 0 spiro atoms. The van der Waals surface area contributed by atoms with Gasteiger partial charge < -0.3 is 19.1 Å². The highest BCUT2D eigenvalue weighted by molar-refractivity contribution is 5.78. The molecular formula is C30H35NO4. The average molecular weight is 474 g/mol. The van der Waals surface area contributed by atoms with E-state index in [4.69, 9.17) is 14.2 Å². The lowest BCUT2D eigenvalue weighted by atomic mass is 9.99. The molecule has 0 aliphatic carbocycles. The Morgan fingerprint density at radius 1 is 0.914 bits per heavy atom. The van der Waals surface area contributed by atoms with Gasteiger partial charge in [0.25, 0.3) is 0 Å². The van der Waals surface area contributed by atoms with Crippen molar-refractivity contribution in [2.45, 2.75) is 39.7 Å². The third-order valence-corrected chi connectivity index (χ3v) is 6.23. The van der Waals surface area contributed by atoms with Crippen molar-refractivity contribution in [1.29, 1.82) is 0 Å². The number of ether oxygens (including phenoxy) is 3. The van der Waals surface area contributed by atoms with Gasteiger partial charge in [-0.3, -0.25) is 4.79 Å². The minimum Gasteiger partial charge on any atom is -0.494 e. The molecule has 3 aromatic rings. The van der Waals surface area contributed by atoms with Crippen LogP contribution in [0.3, 0.4) is 0 Å². The third-order valence-electron chi connectivity index (χ3n) is 6.23. The Morgan fingerprint density at radius 3 is 2.51 bits per heavy atom. The summed E-state index contributed by atoms with van der Waals surface area (Å²) in [6, 6.07) is 22.7. The van der Waals surface area contributed by atoms with Crippen LogP contribution in [0.1, 0.15) is 41.7 Å². The predicted octanol–water partition coefficient (Wildman–Crippen LogP) is 5.22. The molecule has 3 aromatic carbocycles. The minimum atomic E-state index is 0.0874. The fraction of sp³-hybridized carbons (Fsp3) is 0.367. The molecule has 5 heteroatoms. The van der Waals surface area contributed by atoms with Gasteiger partial charge in [0, 0.05) is 19.5 Å². The van der Waals surface area contributed by atoms with E-state index in [0.717, 1.165) is 35.5 Å². The largest absolute Gasteiger partial charge is 0.494 e. The van der Waals surface area contributed by atoms with Gasteiger partial charge in [0.2, 0.25) is 5.91 Å². The minimum absolute atomic E-state index is 0.0874. The first kappa shape index (κ1) is 24.8. The number of hydrogen-bond acceptors (Lipinski definition) is 4. The topological polar surface area (TPSA) is 48.0 Å². The number of carbonyl (C=O) groups excluding carboxylic acids is 1. The fourth-order valence-electron chi connectivity index (χ4n) is 4.35. The van der Waals surface area contributed by atoms with Crippen LogP contribution in [-0.4, -0.2) is 43.8 Å². The monoisotopic (exact) mass is 473 g/mol. The normalized spacial score (nSPS) is 14.4. The van der Waals surface area contributed by atoms with Crippen molar-refractivity contribution >= 4 is 5.91 Å². The van der Waals surface area contributed by atoms with Crippen LogP contribution in [0.25, 0.3) is 0 Å². The molecule has 1 amide bonds. The number of aryl methyl sites for hydroxylation is 1. The van der Waals surface area contributed by atoms with Crippen LogP contribution in [-0.2, 0) is 35.3 Å². The van der Waals surface area contributed by atoms with Crippen molar-refractivity contribution in [3.63, 3.8) is 0 Å². The van der Waals surface area contributed by atoms with E-state index in [-0.39, 0.29) is 5.91 Å². The highest BCUT2D eigenvalue weighted by atomic mass is 16.5. The molecule has 1 heterocycles. The summed E-state index contributed by atoms with van der Waals surface area (Å²) in [6.07, 6.45) is 2.13. The Bertz CT molecular complexity index is 1110. The third kappa shape index (κ3) is 7.09. The molecule has 5 nitrogen and oxygen atoms in total. The Hall–Kier alpha value is -3.31. The van der Waals surface area contributed by atoms with Gasteiger partial charge in [-0.15, -0.1) is 0 Å². The number of hydrogen-bond donors (Lipinski definition) is 0. The van der Waals surface area contributed by atoms with Crippen LogP contribution in [0, 0.1) is 0 Å². The molecule has 0 unspecified atom stereocenters. The molecule has 35 heavy (non-hydrogen) atoms. The van der Waals surface area contributed by atoms with E-state index >= 15 is 0 Å². The zero-order valence-corrected chi connectivity index (χ0v) is 20.8. The Kier molecular flexibility index (Phi) is 8.79. The Morgan fingerprint density at radius 2 is 1.71 bits per heavy atom. The van der Waals surface area contributed by atoms with E-state index in [2.05, 4.69) is 49.4 Å². The molecule has 0 aromatic heterocycles. The Labute approximate surface area is 208 Å². The van der Waals surface area contributed by atoms with E-state index < -0.39 is 0 Å². The van der Waals surface area contributed by atoms with Crippen molar-refractivity contribution in [1.82, 2.24) is 4.90 Å². The zero-order chi connectivity index (χ0) is 24.5. The van der Waals surface area contributed by atoms with Crippen LogP contribution >= 0.6 is 0 Å². The SMILES string of the molecule is CCOc1ccc(CC(=O)N2CCOCCOc3ccc(CC)cc3Cc3cccc(c3)C2)cc1. The number of fused-ring (bicyclic) bond motifs is 3. The van der Waals surface area contributed by atoms with Gasteiger partial charge in [0.05, 0.1) is 26.2 Å². The lowest BCUT2D eigenvalue weighted by Crippen LogP contribution is -2.35. The molecule has 0 radical (unpaired) electrons. The predicted molar refractivity (Wildman–Crippen MR) is 138 cm³/mol. The summed E-state index contributed by atoms with van der Waals surface area (Å²) in [4.78, 5) is 15.2. The van der Waals surface area contributed by atoms with Gasteiger partial charge in [-0.1, -0.05) is 55.5 Å². The van der Waals surface area contributed by atoms with Crippen molar-refractivity contribution in [2.75, 3.05) is 33.0 Å². The van der Waals surface area contributed by atoms with Crippen molar-refractivity contribution < 1.29 is 19.0 Å². The summed E-state index contributed by atoms with van der Waals surface area (Å²) in [6.45, 7) is 7.30. The average Bonchev–Trinajstić information content (AvgIpc) is 2.87. The summed E-state index contributed by atoms with van der Waals surface area (Å²) in [5, 5.41) is 0. The highest BCUT2D eigenvalue weighted by Crippen LogP contribution is 2.25. The van der Waals surface area contributed by atoms with E-state index in [0.29, 0.717) is 45.9 Å². The van der Waals surface area contributed by atoms with E-state index in [1.54, 1.807) is 0 Å². The maximum Gasteiger partial charge on any atom is 0.227 e. The van der Waals surface area contributed by atoms with Crippen LogP contribution in [0.2, 0.25) is 0 Å². The molecule has 184 valence electrons. The van der Waals surface area contributed by atoms with E-state index in [1.807, 2.05) is 36.1 Å². The van der Waals surface area contributed by atoms with Crippen molar-refractivity contribution in [3.05, 3.63) is 94.5 Å². The molecule has 2 bridgehead atoms. The summed E-state index contributed by atoms with van der Waals surface area (Å²) in [5.41, 5.74) is 5.79. The summed E-state index contributed by atoms with van der Waals surface area (Å²) in [5.74, 6) is 1.83. The van der Waals surface area contributed by atoms with Gasteiger partial charge in [-0.25, -0.2) is 0 Å². The van der Waals surface area contributed by atoms with Gasteiger partial charge in [0.1, 0.15) is 18.1 Å². The lowest BCUT2D eigenvalue weighted by Gasteiger charge is -2.24. The second kappa shape index (κ2) is 12.4. The molecular weight excluding hydrogens is 438 g/mol. The molecule has 0 fully saturated rings. The van der Waals surface area contributed by atoms with Gasteiger partial charge >= 0.3 is 0 Å². The van der Waals surface area contributed by atoms with Crippen molar-refractivity contribution in [3.8, 4) is 11.5 Å². The van der Waals surface area contributed by atoms with Crippen molar-refractivity contribution in [2.24, 2.45) is 0 Å². The van der Waals surface area contributed by atoms with Crippen LogP contribution in [0.15, 0.2) is 66.7 Å². The Balaban J connectivity index is 1.52. The molecule has 1 aliphatic heterocycles. The zero-order valence-electron chi connectivity index (χ0n) is 20.8. The molecule has 0 atom stereocenters. The molecule has 0 N–H and O–H groups in total. The molecule has 1 aliphatic rings. The lowest BCUT2D eigenvalue weighted by molar-refractivity contribution is -0.131. The van der Waals surface area contributed by atoms with Gasteiger partial charge in [-0.2, -0.15) is 0 Å². The smallest absolute Gasteiger partial charge is 0.227 e. The number of carbonyl (C=O) groups is 1. The number of nitrogens with zero attached hydrogens (tertiary/aromatic N) is 1. The van der Waals surface area contributed by atoms with Crippen LogP contribution in [0.5, 0.6) is 11.5 Å². The van der Waals surface area contributed by atoms with E-state index in [1.165, 1.54) is 16.7 Å². The standard InChI is InChI=1S/C30H35NO4/c1-3-23-10-13-29-27(19-23)20-25-6-5-7-26(18-25)22-31(14-15-33-16-17-35-29)30(32)21-24-8-11-28(12-9-24)34-4-2/h5-13,18-19H,3-4,14-17,20-22H2,1-2H3. The summed E-state index contributed by atoms with van der Waals surface area (Å²) in [7, 11) is 0. The second-order valence-electron chi connectivity index (χ2n) is 8.82. The number of amides is 1. The maximum atomic E-state index is 13.3. The summed E-state index contributed by atoms with van der Waals surface area (Å²) < 4.78 is 17.4. The fourth-order valence-corrected chi connectivity index (χ4v) is 4.35. The van der Waals surface area contributed by atoms with E-state index in [9.17, 15) is 4.79 Å². The quantitative estimate of drug-likeness (QED) is 0.510.